The van der Waals surface area contributed by atoms with Crippen LogP contribution in [0.5, 0.6) is 0 Å². The fraction of sp³-hybridized carbons (Fsp3) is 0.444. The molecule has 10 nitrogen and oxygen atoms in total. The predicted octanol–water partition coefficient (Wildman–Crippen LogP) is -2.82. The van der Waals surface area contributed by atoms with Crippen LogP contribution in [0.2, 0.25) is 0 Å². The van der Waals surface area contributed by atoms with E-state index in [2.05, 4.69) is 31.1 Å². The lowest BCUT2D eigenvalue weighted by molar-refractivity contribution is -0.129. The third-order valence-corrected chi connectivity index (χ3v) is 1.94. The Morgan fingerprint density at radius 2 is 1.95 bits per heavy atom. The third-order valence-electron chi connectivity index (χ3n) is 1.94. The van der Waals surface area contributed by atoms with Gasteiger partial charge < -0.3 is 15.0 Å². The number of carbonyl (C=O) groups excluding carboxylic acids is 3. The topological polar surface area (TPSA) is 124 Å². The van der Waals surface area contributed by atoms with Crippen LogP contribution in [0.3, 0.4) is 0 Å². The van der Waals surface area contributed by atoms with Gasteiger partial charge in [0.25, 0.3) is 18.3 Å². The van der Waals surface area contributed by atoms with Crippen molar-refractivity contribution in [3.8, 4) is 0 Å². The van der Waals surface area contributed by atoms with E-state index < -0.39 is 5.91 Å². The molecule has 0 saturated heterocycles. The van der Waals surface area contributed by atoms with Crippen molar-refractivity contribution < 1.29 is 19.1 Å². The maximum atomic E-state index is 11.5. The van der Waals surface area contributed by atoms with Crippen LogP contribution < -0.4 is 16.2 Å². The summed E-state index contributed by atoms with van der Waals surface area (Å²) in [4.78, 5) is 34.2. The maximum Gasteiger partial charge on any atom is 0.293 e. The lowest BCUT2D eigenvalue weighted by Gasteiger charge is -2.16. The molecule has 1 aliphatic heterocycles. The van der Waals surface area contributed by atoms with Crippen molar-refractivity contribution >= 4 is 30.0 Å². The zero-order valence-corrected chi connectivity index (χ0v) is 10.5. The van der Waals surface area contributed by atoms with E-state index in [1.807, 2.05) is 0 Å². The van der Waals surface area contributed by atoms with Crippen LogP contribution in [-0.2, 0) is 19.1 Å². The summed E-state index contributed by atoms with van der Waals surface area (Å²) in [6, 6.07) is 0. The summed E-state index contributed by atoms with van der Waals surface area (Å²) in [5.41, 5.74) is 4.72. The lowest BCUT2D eigenvalue weighted by atomic mass is 10.5. The molecular formula is C9H14N6O4. The zero-order valence-electron chi connectivity index (χ0n) is 10.5. The smallest absolute Gasteiger partial charge is 0.293 e. The Morgan fingerprint density at radius 1 is 1.32 bits per heavy atom. The molecule has 0 aromatic carbocycles. The Morgan fingerprint density at radius 3 is 2.47 bits per heavy atom. The molecule has 1 rings (SSSR count). The fourth-order valence-electron chi connectivity index (χ4n) is 1.03. The van der Waals surface area contributed by atoms with Gasteiger partial charge in [-0.3, -0.25) is 25.2 Å². The maximum absolute atomic E-state index is 11.5. The van der Waals surface area contributed by atoms with Gasteiger partial charge in [0, 0.05) is 14.1 Å². The highest BCUT2D eigenvalue weighted by atomic mass is 16.5. The normalized spacial score (nSPS) is 13.2. The minimum atomic E-state index is -0.540. The Bertz CT molecular complexity index is 430. The third kappa shape index (κ3) is 4.26. The van der Waals surface area contributed by atoms with Crippen LogP contribution in [0, 0.1) is 0 Å². The molecule has 19 heavy (non-hydrogen) atoms. The van der Waals surface area contributed by atoms with Gasteiger partial charge in [-0.15, -0.1) is 10.2 Å². The van der Waals surface area contributed by atoms with E-state index in [-0.39, 0.29) is 37.2 Å². The average Bonchev–Trinajstić information content (AvgIpc) is 2.42. The molecule has 3 N–H and O–H groups in total. The summed E-state index contributed by atoms with van der Waals surface area (Å²) >= 11 is 0. The first-order valence-corrected chi connectivity index (χ1v) is 5.28. The number of nitrogens with one attached hydrogen (secondary N) is 3. The zero-order chi connectivity index (χ0) is 14.3. The second kappa shape index (κ2) is 6.93. The van der Waals surface area contributed by atoms with Crippen molar-refractivity contribution in [2.24, 2.45) is 10.2 Å². The van der Waals surface area contributed by atoms with Crippen molar-refractivity contribution in [1.82, 2.24) is 21.1 Å². The summed E-state index contributed by atoms with van der Waals surface area (Å²) in [6.07, 6.45) is 0. The molecule has 0 aromatic rings. The summed E-state index contributed by atoms with van der Waals surface area (Å²) in [6.45, 7) is 0.489. The van der Waals surface area contributed by atoms with Crippen LogP contribution >= 0.6 is 0 Å². The predicted molar refractivity (Wildman–Crippen MR) is 64.9 cm³/mol. The highest BCUT2D eigenvalue weighted by Crippen LogP contribution is 1.88. The number of rotatable bonds is 6. The molecule has 0 bridgehead atoms. The molecule has 0 fully saturated rings. The van der Waals surface area contributed by atoms with Crippen molar-refractivity contribution in [3.63, 3.8) is 0 Å². The van der Waals surface area contributed by atoms with Crippen molar-refractivity contribution in [1.29, 1.82) is 0 Å². The van der Waals surface area contributed by atoms with Gasteiger partial charge >= 0.3 is 0 Å². The van der Waals surface area contributed by atoms with Crippen LogP contribution in [0.15, 0.2) is 10.2 Å². The molecule has 0 spiro atoms. The van der Waals surface area contributed by atoms with E-state index in [9.17, 15) is 14.4 Å². The molecule has 0 radical (unpaired) electrons. The lowest BCUT2D eigenvalue weighted by Crippen LogP contribution is -2.48. The van der Waals surface area contributed by atoms with Gasteiger partial charge in [0.05, 0.1) is 6.54 Å². The van der Waals surface area contributed by atoms with E-state index in [4.69, 9.17) is 0 Å². The van der Waals surface area contributed by atoms with Gasteiger partial charge in [0.1, 0.15) is 6.61 Å². The molecule has 10 heteroatoms. The second-order valence-electron chi connectivity index (χ2n) is 3.57. The van der Waals surface area contributed by atoms with Crippen molar-refractivity contribution in [3.05, 3.63) is 0 Å². The highest BCUT2D eigenvalue weighted by molar-refractivity contribution is 6.42. The van der Waals surface area contributed by atoms with Gasteiger partial charge in [-0.05, 0) is 0 Å². The number of amidine groups is 2. The number of carbonyl (C=O) groups is 3. The van der Waals surface area contributed by atoms with Crippen LogP contribution in [0.1, 0.15) is 0 Å². The van der Waals surface area contributed by atoms with E-state index in [1.165, 1.54) is 4.90 Å². The Balaban J connectivity index is 2.41. The highest BCUT2D eigenvalue weighted by Gasteiger charge is 2.20. The largest absolute Gasteiger partial charge is 0.466 e. The first kappa shape index (κ1) is 14.4. The number of likely N-dealkylation sites (N-methyl/N-ethyl adjacent to an activating group) is 1. The van der Waals surface area contributed by atoms with Crippen molar-refractivity contribution in [2.75, 3.05) is 27.2 Å². The molecule has 0 saturated carbocycles. The molecule has 1 aliphatic rings. The number of hydrazone groups is 2. The molecular weight excluding hydrogens is 256 g/mol. The Hall–Kier alpha value is -2.65. The quantitative estimate of drug-likeness (QED) is 0.353. The molecule has 0 unspecified atom stereocenters. The average molecular weight is 270 g/mol. The Labute approximate surface area is 108 Å². The number of hydrogen-bond acceptors (Lipinski definition) is 8. The molecule has 0 atom stereocenters. The summed E-state index contributed by atoms with van der Waals surface area (Å²) in [7, 11) is 3.12. The van der Waals surface area contributed by atoms with Crippen LogP contribution in [-0.4, -0.2) is 62.1 Å². The molecule has 0 aliphatic carbocycles. The van der Waals surface area contributed by atoms with Gasteiger partial charge in [-0.25, -0.2) is 0 Å². The number of amides is 2. The molecule has 104 valence electrons. The van der Waals surface area contributed by atoms with Gasteiger partial charge in [0.2, 0.25) is 11.7 Å². The second-order valence-corrected chi connectivity index (χ2v) is 3.57. The van der Waals surface area contributed by atoms with Crippen LogP contribution in [0.25, 0.3) is 0 Å². The first-order valence-electron chi connectivity index (χ1n) is 5.28. The fourth-order valence-corrected chi connectivity index (χ4v) is 1.03. The summed E-state index contributed by atoms with van der Waals surface area (Å²) in [5, 5.41) is 9.78. The number of ether oxygens (including phenoxy) is 1. The van der Waals surface area contributed by atoms with E-state index in [0.717, 1.165) is 0 Å². The van der Waals surface area contributed by atoms with E-state index in [0.29, 0.717) is 0 Å². The number of nitrogens with zero attached hydrogens (tertiary/aromatic N) is 3. The van der Waals surface area contributed by atoms with E-state index >= 15 is 0 Å². The van der Waals surface area contributed by atoms with Crippen LogP contribution in [0.4, 0.5) is 0 Å². The van der Waals surface area contributed by atoms with Crippen molar-refractivity contribution in [2.45, 2.75) is 0 Å². The monoisotopic (exact) mass is 270 g/mol. The number of hydrogen-bond donors (Lipinski definition) is 3. The molecule has 0 aromatic heterocycles. The summed E-state index contributed by atoms with van der Waals surface area (Å²) in [5.74, 6) is -1.04. The van der Waals surface area contributed by atoms with E-state index in [1.54, 1.807) is 14.1 Å². The Kier molecular flexibility index (Phi) is 5.26. The summed E-state index contributed by atoms with van der Waals surface area (Å²) < 4.78 is 4.40. The van der Waals surface area contributed by atoms with Gasteiger partial charge in [-0.1, -0.05) is 0 Å². The minimum absolute atomic E-state index is 0.0224. The molecule has 1 heterocycles. The van der Waals surface area contributed by atoms with Gasteiger partial charge in [0.15, 0.2) is 0 Å². The minimum Gasteiger partial charge on any atom is -0.466 e. The standard InChI is InChI=1S/C9H14N6O4/c1-15(2)9(18)7-13-11-6(12-14-7)8(17)10-3-4-19-5-16/h5H,3-4H2,1-2H3,(H,10,17)(H,11,12)(H,13,14). The first-order chi connectivity index (χ1) is 9.06. The van der Waals surface area contributed by atoms with Gasteiger partial charge in [-0.2, -0.15) is 0 Å². The SMILES string of the molecule is CN(C)C(=O)C1=NNC(C(=O)NCCOC=O)=NN1. The molecule has 2 amide bonds.